The number of benzene rings is 4. The van der Waals surface area contributed by atoms with Gasteiger partial charge in [0.25, 0.3) is 0 Å². The van der Waals surface area contributed by atoms with E-state index in [1.54, 1.807) is 61.7 Å². The minimum Gasteiger partial charge on any atom is -0.325 e. The Morgan fingerprint density at radius 3 is 0.864 bits per heavy atom. The summed E-state index contributed by atoms with van der Waals surface area (Å²) in [4.78, 5) is 65.6. The van der Waals surface area contributed by atoms with Crippen molar-refractivity contribution in [3.8, 4) is 45.6 Å². The zero-order valence-electron chi connectivity index (χ0n) is 61.1. The van der Waals surface area contributed by atoms with Crippen molar-refractivity contribution >= 4 is 93.4 Å². The van der Waals surface area contributed by atoms with Crippen LogP contribution in [0.5, 0.6) is 0 Å². The highest BCUT2D eigenvalue weighted by atomic mass is 32.2. The molecule has 4 aliphatic carbocycles. The number of hydrogen-bond donors (Lipinski definition) is 4. The molecule has 4 amide bonds. The monoisotopic (exact) mass is 1540 g/mol. The highest BCUT2D eigenvalue weighted by Gasteiger charge is 2.27. The minimum atomic E-state index is -0.0692. The third-order valence-corrected chi connectivity index (χ3v) is 22.0. The second-order valence-electron chi connectivity index (χ2n) is 26.4. The molecule has 0 unspecified atom stereocenters. The molecule has 28 heteroatoms. The van der Waals surface area contributed by atoms with Gasteiger partial charge in [-0.25, -0.2) is 0 Å². The van der Waals surface area contributed by atoms with Crippen LogP contribution < -0.4 is 21.3 Å². The summed E-state index contributed by atoms with van der Waals surface area (Å²) in [6.07, 6.45) is 27.7. The standard InChI is InChI=1S/2C21H21N5OS.2C20H21N5OS/c1-2-13-26-20(17-9-11-22-12-10-17)24-25-21(26)28-14-19(27)23-18-7-5-16(6-8-18)15-3-4-15;1-2-12-26-20(17-4-3-11-22-13-17)24-25-21(26)28-14-19(27)23-18-9-7-16(8-10-18)15-5-6-15;1-2-25-19(16-9-11-21-12-10-16)23-24-20(25)27-13-18(26)22-17-7-5-15(6-8-17)14-3-4-14;1-2-25-19(16-4-3-11-21-12-16)23-24-20(25)27-13-18(26)22-17-9-7-15(8-10-17)14-5-6-14/h2,5-12,15H,1,3-4,13-14H2,(H,23,27);2-4,7-11,13,15H,1,5-6,12,14H2,(H,23,27);5-12,14H,2-4,13H2,1H3,(H,22,26);3-4,7-12,14H,2,5-6,13H2,1H3,(H,22,26). The van der Waals surface area contributed by atoms with Crippen LogP contribution in [0.4, 0.5) is 22.7 Å². The van der Waals surface area contributed by atoms with Crippen LogP contribution in [0, 0.1) is 0 Å². The average molecular weight is 1540 g/mol. The lowest BCUT2D eigenvalue weighted by Crippen LogP contribution is -2.14. The van der Waals surface area contributed by atoms with Crippen molar-refractivity contribution in [1.29, 1.82) is 0 Å². The van der Waals surface area contributed by atoms with Crippen LogP contribution in [0.25, 0.3) is 45.6 Å². The zero-order chi connectivity index (χ0) is 76.0. The summed E-state index contributed by atoms with van der Waals surface area (Å²) in [5, 5.41) is 48.7. The number of nitrogens with one attached hydrogen (secondary N) is 4. The van der Waals surface area contributed by atoms with Crippen molar-refractivity contribution in [2.45, 2.75) is 136 Å². The number of aromatic nitrogens is 16. The molecule has 0 aliphatic heterocycles. The van der Waals surface area contributed by atoms with Gasteiger partial charge in [-0.05, 0) is 208 Å². The van der Waals surface area contributed by atoms with E-state index >= 15 is 0 Å². The number of nitrogens with zero attached hydrogens (tertiary/aromatic N) is 16. The van der Waals surface area contributed by atoms with Crippen molar-refractivity contribution in [1.82, 2.24) is 79.0 Å². The Morgan fingerprint density at radius 2 is 0.609 bits per heavy atom. The lowest BCUT2D eigenvalue weighted by atomic mass is 10.1. The Labute approximate surface area is 655 Å². The first-order valence-corrected chi connectivity index (χ1v) is 40.6. The van der Waals surface area contributed by atoms with Crippen LogP contribution in [0.1, 0.15) is 111 Å². The summed E-state index contributed by atoms with van der Waals surface area (Å²) in [6.45, 7) is 14.3. The van der Waals surface area contributed by atoms with Crippen LogP contribution in [-0.2, 0) is 45.4 Å². The Balaban J connectivity index is 0.000000129. The van der Waals surface area contributed by atoms with Gasteiger partial charge in [-0.2, -0.15) is 0 Å². The smallest absolute Gasteiger partial charge is 0.234 e. The topological polar surface area (TPSA) is 291 Å². The summed E-state index contributed by atoms with van der Waals surface area (Å²) in [5.74, 6) is 6.75. The fourth-order valence-corrected chi connectivity index (χ4v) is 15.0. The minimum absolute atomic E-state index is 0.0460. The van der Waals surface area contributed by atoms with E-state index in [1.165, 1.54) is 121 Å². The number of hydrogen-bond acceptors (Lipinski definition) is 20. The molecule has 8 aromatic heterocycles. The maximum absolute atomic E-state index is 12.3. The summed E-state index contributed by atoms with van der Waals surface area (Å²) in [7, 11) is 0. The van der Waals surface area contributed by atoms with Crippen LogP contribution >= 0.6 is 47.0 Å². The van der Waals surface area contributed by atoms with Gasteiger partial charge in [0.1, 0.15) is 0 Å². The molecule has 0 atom stereocenters. The second kappa shape index (κ2) is 38.2. The summed E-state index contributed by atoms with van der Waals surface area (Å²) in [6, 6.07) is 47.8. The summed E-state index contributed by atoms with van der Waals surface area (Å²) < 4.78 is 7.90. The van der Waals surface area contributed by atoms with E-state index < -0.39 is 0 Å². The highest BCUT2D eigenvalue weighted by molar-refractivity contribution is 8.00. The van der Waals surface area contributed by atoms with Crippen molar-refractivity contribution in [2.75, 3.05) is 44.3 Å². The molecule has 0 spiro atoms. The number of rotatable bonds is 30. The molecule has 4 fully saturated rings. The SMILES string of the molecule is C=CCn1c(SCC(=O)Nc2ccc(C3CC3)cc2)nnc1-c1cccnc1.C=CCn1c(SCC(=O)Nc2ccc(C3CC3)cc2)nnc1-c1ccncc1.CCn1c(SCC(=O)Nc2ccc(C3CC3)cc2)nnc1-c1cccnc1.CCn1c(SCC(=O)Nc2ccc(C3CC3)cc2)nnc1-c1ccncc1. The third kappa shape index (κ3) is 21.6. The molecular weight excluding hydrogens is 1460 g/mol. The average Bonchev–Trinajstić information content (AvgIpc) is 1.86. The van der Waals surface area contributed by atoms with E-state index in [-0.39, 0.29) is 40.9 Å². The van der Waals surface area contributed by atoms with Gasteiger partial charge in [0.2, 0.25) is 23.6 Å². The molecule has 0 saturated heterocycles. The molecular formula is C82H84N20O4S4. The molecule has 4 N–H and O–H groups in total. The van der Waals surface area contributed by atoms with Gasteiger partial charge in [-0.3, -0.25) is 48.2 Å². The normalized spacial score (nSPS) is 13.4. The van der Waals surface area contributed by atoms with Gasteiger partial charge in [0, 0.05) is 121 Å². The van der Waals surface area contributed by atoms with Gasteiger partial charge in [0.15, 0.2) is 43.9 Å². The number of thioether (sulfide) groups is 4. The first kappa shape index (κ1) is 77.0. The summed E-state index contributed by atoms with van der Waals surface area (Å²) >= 11 is 5.50. The number of anilines is 4. The first-order chi connectivity index (χ1) is 54.0. The maximum Gasteiger partial charge on any atom is 0.234 e. The van der Waals surface area contributed by atoms with E-state index in [2.05, 4.69) is 144 Å². The van der Waals surface area contributed by atoms with Crippen molar-refractivity contribution in [3.05, 3.63) is 243 Å². The predicted octanol–water partition coefficient (Wildman–Crippen LogP) is 16.2. The number of carbonyl (C=O) groups excluding carboxylic acids is 4. The van der Waals surface area contributed by atoms with E-state index in [0.29, 0.717) is 46.8 Å². The van der Waals surface area contributed by atoms with E-state index in [9.17, 15) is 19.2 Å². The number of allylic oxidation sites excluding steroid dienone is 2. The first-order valence-electron chi connectivity index (χ1n) is 36.6. The maximum atomic E-state index is 12.3. The van der Waals surface area contributed by atoms with Gasteiger partial charge in [0.05, 0.1) is 23.0 Å². The number of pyridine rings is 4. The van der Waals surface area contributed by atoms with Crippen LogP contribution in [-0.4, -0.2) is 126 Å². The Hall–Kier alpha value is -11.2. The molecule has 110 heavy (non-hydrogen) atoms. The Morgan fingerprint density at radius 1 is 0.345 bits per heavy atom. The second-order valence-corrected chi connectivity index (χ2v) is 30.2. The molecule has 24 nitrogen and oxygen atoms in total. The van der Waals surface area contributed by atoms with Crippen molar-refractivity contribution in [3.63, 3.8) is 0 Å². The zero-order valence-corrected chi connectivity index (χ0v) is 64.4. The predicted molar refractivity (Wildman–Crippen MR) is 436 cm³/mol. The van der Waals surface area contributed by atoms with E-state index in [1.807, 2.05) is 129 Å². The van der Waals surface area contributed by atoms with E-state index in [0.717, 1.165) is 97.7 Å². The Bertz CT molecular complexity index is 4720. The van der Waals surface area contributed by atoms with Crippen LogP contribution in [0.3, 0.4) is 0 Å². The lowest BCUT2D eigenvalue weighted by molar-refractivity contribution is -0.114. The molecule has 4 aliphatic rings. The third-order valence-electron chi connectivity index (χ3n) is 18.1. The van der Waals surface area contributed by atoms with Crippen molar-refractivity contribution < 1.29 is 19.2 Å². The van der Waals surface area contributed by atoms with Gasteiger partial charge in [-0.1, -0.05) is 108 Å². The van der Waals surface area contributed by atoms with Gasteiger partial charge >= 0.3 is 0 Å². The van der Waals surface area contributed by atoms with Gasteiger partial charge < -0.3 is 30.4 Å². The number of amides is 4. The fourth-order valence-electron chi connectivity index (χ4n) is 11.9. The van der Waals surface area contributed by atoms with Crippen molar-refractivity contribution in [2.24, 2.45) is 0 Å². The Kier molecular flexibility index (Phi) is 26.8. The molecule has 8 heterocycles. The molecule has 560 valence electrons. The molecule has 0 radical (unpaired) electrons. The summed E-state index contributed by atoms with van der Waals surface area (Å²) in [5.41, 5.74) is 12.4. The molecule has 4 aromatic carbocycles. The van der Waals surface area contributed by atoms with E-state index in [4.69, 9.17) is 0 Å². The lowest BCUT2D eigenvalue weighted by Gasteiger charge is -2.08. The molecule has 12 aromatic rings. The fraction of sp³-hybridized carbons (Fsp3) is 0.268. The van der Waals surface area contributed by atoms with Gasteiger partial charge in [-0.15, -0.1) is 53.9 Å². The number of carbonyl (C=O) groups is 4. The molecule has 4 saturated carbocycles. The molecule has 0 bridgehead atoms. The highest BCUT2D eigenvalue weighted by Crippen LogP contribution is 2.43. The largest absolute Gasteiger partial charge is 0.325 e. The quantitative estimate of drug-likeness (QED) is 0.0240. The van der Waals surface area contributed by atoms with Crippen LogP contribution in [0.15, 0.2) is 241 Å². The van der Waals surface area contributed by atoms with Crippen LogP contribution in [0.2, 0.25) is 0 Å². The molecule has 16 rings (SSSR count).